The van der Waals surface area contributed by atoms with Crippen LogP contribution in [-0.4, -0.2) is 48.9 Å². The van der Waals surface area contributed by atoms with Gasteiger partial charge in [-0.05, 0) is 6.92 Å². The average Bonchev–Trinajstić information content (AvgIpc) is 2.82. The summed E-state index contributed by atoms with van der Waals surface area (Å²) in [6.07, 6.45) is 0. The third-order valence-corrected chi connectivity index (χ3v) is 3.84. The van der Waals surface area contributed by atoms with Crippen LogP contribution in [0.5, 0.6) is 0 Å². The fourth-order valence-corrected chi connectivity index (χ4v) is 2.40. The molecule has 0 saturated heterocycles. The number of hydrogen-bond donors (Lipinski definition) is 2. The second-order valence-corrected chi connectivity index (χ2v) is 7.26. The van der Waals surface area contributed by atoms with Gasteiger partial charge < -0.3 is 15.5 Å². The molecule has 0 radical (unpaired) electrons. The van der Waals surface area contributed by atoms with Crippen molar-refractivity contribution in [2.24, 2.45) is 10.4 Å². The number of nitrogens with zero attached hydrogens (tertiary/aromatic N) is 3. The minimum atomic E-state index is -0.360. The molecule has 1 aromatic heterocycles. The van der Waals surface area contributed by atoms with Crippen LogP contribution in [-0.2, 0) is 11.3 Å². The Morgan fingerprint density at radius 2 is 2.00 bits per heavy atom. The van der Waals surface area contributed by atoms with Crippen LogP contribution in [0.1, 0.15) is 31.5 Å². The maximum Gasteiger partial charge on any atom is 0.225 e. The van der Waals surface area contributed by atoms with Crippen molar-refractivity contribution in [3.63, 3.8) is 0 Å². The van der Waals surface area contributed by atoms with Gasteiger partial charge in [0.2, 0.25) is 5.91 Å². The van der Waals surface area contributed by atoms with Gasteiger partial charge in [-0.3, -0.25) is 9.79 Å². The Morgan fingerprint density at radius 1 is 1.36 bits per heavy atom. The lowest BCUT2D eigenvalue weighted by Crippen LogP contribution is -2.43. The summed E-state index contributed by atoms with van der Waals surface area (Å²) in [5.41, 5.74) is 0.676. The Morgan fingerprint density at radius 3 is 2.50 bits per heavy atom. The second-order valence-electron chi connectivity index (χ2n) is 6.19. The molecule has 0 aromatic carbocycles. The van der Waals surface area contributed by atoms with Crippen molar-refractivity contribution in [1.29, 1.82) is 0 Å². The fourth-order valence-electron chi connectivity index (χ4n) is 1.80. The first-order valence-corrected chi connectivity index (χ1v) is 8.23. The molecule has 1 rings (SSSR count). The second kappa shape index (κ2) is 8.12. The molecule has 0 spiro atoms. The number of hydrogen-bond acceptors (Lipinski definition) is 4. The molecule has 0 aliphatic carbocycles. The molecule has 0 atom stereocenters. The fraction of sp³-hybridized carbons (Fsp3) is 0.667. The molecule has 2 N–H and O–H groups in total. The largest absolute Gasteiger partial charge is 0.354 e. The monoisotopic (exact) mass is 325 g/mol. The molecule has 22 heavy (non-hydrogen) atoms. The standard InChI is InChI=1S/C15H27N5OS/c1-11-19-12(10-22-11)9-20(6)14(16-5)18-8-7-17-13(21)15(2,3)4/h10H,7-9H2,1-6H3,(H,16,18)(H,17,21). The van der Waals surface area contributed by atoms with Crippen molar-refractivity contribution in [2.45, 2.75) is 34.2 Å². The van der Waals surface area contributed by atoms with E-state index in [9.17, 15) is 4.79 Å². The highest BCUT2D eigenvalue weighted by Gasteiger charge is 2.20. The van der Waals surface area contributed by atoms with Gasteiger partial charge >= 0.3 is 0 Å². The number of guanidine groups is 1. The summed E-state index contributed by atoms with van der Waals surface area (Å²) in [5.74, 6) is 0.839. The molecule has 124 valence electrons. The normalized spacial score (nSPS) is 12.2. The number of amides is 1. The molecule has 1 aromatic rings. The summed E-state index contributed by atoms with van der Waals surface area (Å²) >= 11 is 1.65. The minimum absolute atomic E-state index is 0.0515. The number of carbonyl (C=O) groups is 1. The maximum absolute atomic E-state index is 11.8. The highest BCUT2D eigenvalue weighted by atomic mass is 32.1. The van der Waals surface area contributed by atoms with E-state index in [2.05, 4.69) is 26.0 Å². The van der Waals surface area contributed by atoms with E-state index < -0.39 is 0 Å². The Bertz CT molecular complexity index is 518. The van der Waals surface area contributed by atoms with E-state index in [-0.39, 0.29) is 11.3 Å². The first kappa shape index (κ1) is 18.4. The van der Waals surface area contributed by atoms with Gasteiger partial charge in [-0.1, -0.05) is 20.8 Å². The Kier molecular flexibility index (Phi) is 6.80. The third-order valence-electron chi connectivity index (χ3n) is 3.01. The zero-order chi connectivity index (χ0) is 16.8. The van der Waals surface area contributed by atoms with E-state index in [1.165, 1.54) is 0 Å². The third kappa shape index (κ3) is 6.01. The van der Waals surface area contributed by atoms with Gasteiger partial charge in [0.1, 0.15) is 0 Å². The summed E-state index contributed by atoms with van der Waals surface area (Å²) in [5, 5.41) is 9.27. The van der Waals surface area contributed by atoms with E-state index >= 15 is 0 Å². The van der Waals surface area contributed by atoms with Crippen molar-refractivity contribution in [1.82, 2.24) is 20.5 Å². The van der Waals surface area contributed by atoms with Crippen molar-refractivity contribution < 1.29 is 4.79 Å². The number of nitrogens with one attached hydrogen (secondary N) is 2. The average molecular weight is 325 g/mol. The predicted octanol–water partition coefficient (Wildman–Crippen LogP) is 1.62. The van der Waals surface area contributed by atoms with Crippen LogP contribution in [0.15, 0.2) is 10.4 Å². The Hall–Kier alpha value is -1.63. The Balaban J connectivity index is 2.37. The molecule has 6 nitrogen and oxygen atoms in total. The van der Waals surface area contributed by atoms with Crippen LogP contribution in [0, 0.1) is 12.3 Å². The summed E-state index contributed by atoms with van der Waals surface area (Å²) in [6.45, 7) is 9.61. The van der Waals surface area contributed by atoms with Crippen molar-refractivity contribution in [3.8, 4) is 0 Å². The zero-order valence-corrected chi connectivity index (χ0v) is 15.2. The summed E-state index contributed by atoms with van der Waals surface area (Å²) < 4.78 is 0. The molecule has 0 unspecified atom stereocenters. The highest BCUT2D eigenvalue weighted by molar-refractivity contribution is 7.09. The highest BCUT2D eigenvalue weighted by Crippen LogP contribution is 2.12. The van der Waals surface area contributed by atoms with Crippen LogP contribution in [0.3, 0.4) is 0 Å². The maximum atomic E-state index is 11.8. The van der Waals surface area contributed by atoms with E-state index in [0.717, 1.165) is 16.7 Å². The number of aromatic nitrogens is 1. The van der Waals surface area contributed by atoms with Crippen LogP contribution in [0.4, 0.5) is 0 Å². The number of aryl methyl sites for hydroxylation is 1. The van der Waals surface area contributed by atoms with Gasteiger partial charge in [-0.15, -0.1) is 11.3 Å². The quantitative estimate of drug-likeness (QED) is 0.490. The molecular formula is C15H27N5OS. The number of aliphatic imine (C=N–C) groups is 1. The summed E-state index contributed by atoms with van der Waals surface area (Å²) in [4.78, 5) is 22.5. The van der Waals surface area contributed by atoms with Crippen LogP contribution in [0.25, 0.3) is 0 Å². The van der Waals surface area contributed by atoms with Gasteiger partial charge in [0.15, 0.2) is 5.96 Å². The lowest BCUT2D eigenvalue weighted by Gasteiger charge is -2.22. The molecule has 0 aliphatic heterocycles. The molecule has 7 heteroatoms. The summed E-state index contributed by atoms with van der Waals surface area (Å²) in [7, 11) is 3.72. The van der Waals surface area contributed by atoms with E-state index in [1.807, 2.05) is 39.6 Å². The van der Waals surface area contributed by atoms with Crippen molar-refractivity contribution in [3.05, 3.63) is 16.1 Å². The van der Waals surface area contributed by atoms with Gasteiger partial charge in [-0.25, -0.2) is 4.98 Å². The number of carbonyl (C=O) groups excluding carboxylic acids is 1. The van der Waals surface area contributed by atoms with Gasteiger partial charge in [-0.2, -0.15) is 0 Å². The predicted molar refractivity (Wildman–Crippen MR) is 92.1 cm³/mol. The summed E-state index contributed by atoms with van der Waals surface area (Å²) in [6, 6.07) is 0. The zero-order valence-electron chi connectivity index (χ0n) is 14.4. The van der Waals surface area contributed by atoms with Gasteiger partial charge in [0.05, 0.1) is 17.2 Å². The molecule has 0 saturated carbocycles. The van der Waals surface area contributed by atoms with E-state index in [1.54, 1.807) is 18.4 Å². The molecule has 0 aliphatic rings. The van der Waals surface area contributed by atoms with Gasteiger partial charge in [0.25, 0.3) is 0 Å². The van der Waals surface area contributed by atoms with Gasteiger partial charge in [0, 0.05) is 38.0 Å². The minimum Gasteiger partial charge on any atom is -0.354 e. The molecule has 1 heterocycles. The first-order valence-electron chi connectivity index (χ1n) is 7.35. The molecule has 0 bridgehead atoms. The van der Waals surface area contributed by atoms with Crippen LogP contribution < -0.4 is 10.6 Å². The lowest BCUT2D eigenvalue weighted by molar-refractivity contribution is -0.128. The Labute approximate surface area is 137 Å². The smallest absolute Gasteiger partial charge is 0.225 e. The topological polar surface area (TPSA) is 69.6 Å². The first-order chi connectivity index (χ1) is 10.2. The van der Waals surface area contributed by atoms with Crippen LogP contribution in [0.2, 0.25) is 0 Å². The number of thiazole rings is 1. The van der Waals surface area contributed by atoms with Crippen molar-refractivity contribution in [2.75, 3.05) is 27.2 Å². The molecular weight excluding hydrogens is 298 g/mol. The lowest BCUT2D eigenvalue weighted by atomic mass is 9.96. The SMILES string of the molecule is CN=C(NCCNC(=O)C(C)(C)C)N(C)Cc1csc(C)n1. The van der Waals surface area contributed by atoms with Crippen molar-refractivity contribution >= 4 is 23.2 Å². The van der Waals surface area contributed by atoms with E-state index in [4.69, 9.17) is 0 Å². The van der Waals surface area contributed by atoms with E-state index in [0.29, 0.717) is 19.6 Å². The van der Waals surface area contributed by atoms with Crippen LogP contribution >= 0.6 is 11.3 Å². The number of rotatable bonds is 5. The molecule has 0 fully saturated rings. The molecule has 1 amide bonds.